The quantitative estimate of drug-likeness (QED) is 0.283. The summed E-state index contributed by atoms with van der Waals surface area (Å²) in [5.74, 6) is -0.807. The first-order chi connectivity index (χ1) is 14.9. The highest BCUT2D eigenvalue weighted by atomic mass is 35.5. The lowest BCUT2D eigenvalue weighted by Gasteiger charge is -2.09. The number of nitrogens with zero attached hydrogens (tertiary/aromatic N) is 2. The van der Waals surface area contributed by atoms with E-state index in [0.29, 0.717) is 22.2 Å². The first kappa shape index (κ1) is 21.1. The molecule has 0 aliphatic carbocycles. The van der Waals surface area contributed by atoms with Crippen molar-refractivity contribution in [3.63, 3.8) is 0 Å². The Morgan fingerprint density at radius 3 is 2.55 bits per heavy atom. The number of carbonyl (C=O) groups is 1. The van der Waals surface area contributed by atoms with Crippen LogP contribution in [0.15, 0.2) is 71.8 Å². The van der Waals surface area contributed by atoms with E-state index in [9.17, 15) is 9.18 Å². The maximum Gasteiger partial charge on any atom is 0.271 e. The third kappa shape index (κ3) is 4.48. The topological polar surface area (TPSA) is 46.4 Å². The number of rotatable bonds is 5. The van der Waals surface area contributed by atoms with Gasteiger partial charge in [-0.1, -0.05) is 47.5 Å². The minimum Gasteiger partial charge on any atom is -0.340 e. The molecule has 0 radical (unpaired) electrons. The summed E-state index contributed by atoms with van der Waals surface area (Å²) in [4.78, 5) is 12.2. The smallest absolute Gasteiger partial charge is 0.271 e. The van der Waals surface area contributed by atoms with E-state index in [1.807, 2.05) is 43.3 Å². The van der Waals surface area contributed by atoms with Crippen LogP contribution in [0, 0.1) is 12.7 Å². The number of fused-ring (bicyclic) bond motifs is 1. The molecular formula is C24H18Cl2FN3O. The number of carbonyl (C=O) groups excluding carboxylic acids is 1. The molecule has 0 aliphatic rings. The van der Waals surface area contributed by atoms with E-state index in [4.69, 9.17) is 23.2 Å². The van der Waals surface area contributed by atoms with Crippen LogP contribution in [0.25, 0.3) is 10.9 Å². The highest BCUT2D eigenvalue weighted by Gasteiger charge is 2.13. The van der Waals surface area contributed by atoms with Crippen molar-refractivity contribution >= 4 is 46.2 Å². The fourth-order valence-electron chi connectivity index (χ4n) is 3.47. The zero-order chi connectivity index (χ0) is 22.0. The molecule has 0 saturated heterocycles. The zero-order valence-electron chi connectivity index (χ0n) is 16.6. The Hall–Kier alpha value is -3.15. The number of aromatic nitrogens is 1. The highest BCUT2D eigenvalue weighted by Crippen LogP contribution is 2.28. The Labute approximate surface area is 188 Å². The monoisotopic (exact) mass is 453 g/mol. The number of para-hydroxylation sites is 1. The molecule has 0 aliphatic heterocycles. The van der Waals surface area contributed by atoms with Crippen molar-refractivity contribution in [2.75, 3.05) is 0 Å². The lowest BCUT2D eigenvalue weighted by Crippen LogP contribution is -2.17. The summed E-state index contributed by atoms with van der Waals surface area (Å²) >= 11 is 12.2. The van der Waals surface area contributed by atoms with E-state index >= 15 is 0 Å². The van der Waals surface area contributed by atoms with E-state index < -0.39 is 11.7 Å². The Kier molecular flexibility index (Phi) is 6.07. The standard InChI is InChI=1S/C24H18Cl2FN3O/c1-15-20(13-28-29-24(31)17-7-9-18(27)10-8-17)19-4-2-3-5-23(19)30(15)14-16-6-11-21(25)22(26)12-16/h2-13H,14H2,1H3,(H,29,31)/b28-13-. The lowest BCUT2D eigenvalue weighted by atomic mass is 10.1. The van der Waals surface area contributed by atoms with Crippen molar-refractivity contribution in [3.05, 3.63) is 105 Å². The normalized spacial score (nSPS) is 11.4. The third-order valence-electron chi connectivity index (χ3n) is 5.07. The van der Waals surface area contributed by atoms with Gasteiger partial charge in [0.15, 0.2) is 0 Å². The van der Waals surface area contributed by atoms with Crippen molar-refractivity contribution in [2.24, 2.45) is 5.10 Å². The average molecular weight is 454 g/mol. The maximum absolute atomic E-state index is 13.0. The first-order valence-corrected chi connectivity index (χ1v) is 10.3. The molecule has 4 nitrogen and oxygen atoms in total. The molecule has 31 heavy (non-hydrogen) atoms. The second kappa shape index (κ2) is 8.92. The maximum atomic E-state index is 13.0. The van der Waals surface area contributed by atoms with Crippen LogP contribution in [0.1, 0.15) is 27.2 Å². The Morgan fingerprint density at radius 1 is 1.06 bits per heavy atom. The Balaban J connectivity index is 1.63. The summed E-state index contributed by atoms with van der Waals surface area (Å²) in [5, 5.41) is 6.17. The molecule has 4 aromatic rings. The fraction of sp³-hybridized carbons (Fsp3) is 0.0833. The van der Waals surface area contributed by atoms with Crippen LogP contribution in [0.5, 0.6) is 0 Å². The Bertz CT molecular complexity index is 1300. The molecule has 0 saturated carbocycles. The van der Waals surface area contributed by atoms with Gasteiger partial charge in [0.2, 0.25) is 0 Å². The number of hydrogen-bond donors (Lipinski definition) is 1. The van der Waals surface area contributed by atoms with Crippen LogP contribution in [0.4, 0.5) is 4.39 Å². The second-order valence-corrected chi connectivity index (χ2v) is 7.87. The molecule has 1 amide bonds. The van der Waals surface area contributed by atoms with E-state index in [-0.39, 0.29) is 0 Å². The molecule has 0 fully saturated rings. The van der Waals surface area contributed by atoms with Gasteiger partial charge < -0.3 is 4.57 Å². The van der Waals surface area contributed by atoms with Crippen LogP contribution in [-0.4, -0.2) is 16.7 Å². The van der Waals surface area contributed by atoms with E-state index in [2.05, 4.69) is 15.1 Å². The van der Waals surface area contributed by atoms with Gasteiger partial charge in [-0.25, -0.2) is 9.82 Å². The number of hydrazone groups is 1. The van der Waals surface area contributed by atoms with Gasteiger partial charge >= 0.3 is 0 Å². The number of nitrogens with one attached hydrogen (secondary N) is 1. The van der Waals surface area contributed by atoms with Crippen molar-refractivity contribution < 1.29 is 9.18 Å². The van der Waals surface area contributed by atoms with Crippen LogP contribution in [-0.2, 0) is 6.54 Å². The van der Waals surface area contributed by atoms with Crippen molar-refractivity contribution in [2.45, 2.75) is 13.5 Å². The molecular weight excluding hydrogens is 436 g/mol. The molecule has 0 atom stereocenters. The summed E-state index contributed by atoms with van der Waals surface area (Å²) in [5.41, 5.74) is 6.78. The predicted molar refractivity (Wildman–Crippen MR) is 124 cm³/mol. The van der Waals surface area contributed by atoms with E-state index in [1.54, 1.807) is 12.3 Å². The molecule has 1 heterocycles. The van der Waals surface area contributed by atoms with Gasteiger partial charge in [0.05, 0.1) is 16.3 Å². The number of hydrogen-bond acceptors (Lipinski definition) is 2. The van der Waals surface area contributed by atoms with E-state index in [0.717, 1.165) is 27.7 Å². The molecule has 7 heteroatoms. The lowest BCUT2D eigenvalue weighted by molar-refractivity contribution is 0.0955. The average Bonchev–Trinajstić information content (AvgIpc) is 3.02. The van der Waals surface area contributed by atoms with Gasteiger partial charge in [0, 0.05) is 34.3 Å². The summed E-state index contributed by atoms with van der Waals surface area (Å²) in [6, 6.07) is 18.9. The van der Waals surface area contributed by atoms with Gasteiger partial charge in [0.1, 0.15) is 5.82 Å². The zero-order valence-corrected chi connectivity index (χ0v) is 18.1. The third-order valence-corrected chi connectivity index (χ3v) is 5.81. The molecule has 1 aromatic heterocycles. The summed E-state index contributed by atoms with van der Waals surface area (Å²) in [6.07, 6.45) is 1.63. The van der Waals surface area contributed by atoms with Gasteiger partial charge in [-0.3, -0.25) is 4.79 Å². The van der Waals surface area contributed by atoms with Crippen LogP contribution >= 0.6 is 23.2 Å². The highest BCUT2D eigenvalue weighted by molar-refractivity contribution is 6.42. The summed E-state index contributed by atoms with van der Waals surface area (Å²) < 4.78 is 15.2. The van der Waals surface area contributed by atoms with E-state index in [1.165, 1.54) is 24.3 Å². The molecule has 4 rings (SSSR count). The van der Waals surface area contributed by atoms with Crippen LogP contribution < -0.4 is 5.43 Å². The van der Waals surface area contributed by atoms with Crippen molar-refractivity contribution in [1.82, 2.24) is 9.99 Å². The van der Waals surface area contributed by atoms with Gasteiger partial charge in [-0.15, -0.1) is 0 Å². The molecule has 0 bridgehead atoms. The Morgan fingerprint density at radius 2 is 1.81 bits per heavy atom. The van der Waals surface area contributed by atoms with Crippen LogP contribution in [0.2, 0.25) is 10.0 Å². The largest absolute Gasteiger partial charge is 0.340 e. The van der Waals surface area contributed by atoms with Gasteiger partial charge in [-0.05, 0) is 55.0 Å². The SMILES string of the molecule is Cc1c(/C=N\NC(=O)c2ccc(F)cc2)c2ccccc2n1Cc1ccc(Cl)c(Cl)c1. The van der Waals surface area contributed by atoms with Crippen molar-refractivity contribution in [3.8, 4) is 0 Å². The molecule has 1 N–H and O–H groups in total. The predicted octanol–water partition coefficient (Wildman–Crippen LogP) is 6.21. The summed E-state index contributed by atoms with van der Waals surface area (Å²) in [7, 11) is 0. The number of amides is 1. The molecule has 0 unspecified atom stereocenters. The van der Waals surface area contributed by atoms with Crippen LogP contribution in [0.3, 0.4) is 0 Å². The number of halogens is 3. The molecule has 3 aromatic carbocycles. The van der Waals surface area contributed by atoms with Gasteiger partial charge in [0.25, 0.3) is 5.91 Å². The van der Waals surface area contributed by atoms with Crippen molar-refractivity contribution in [1.29, 1.82) is 0 Å². The second-order valence-electron chi connectivity index (χ2n) is 7.06. The number of benzene rings is 3. The van der Waals surface area contributed by atoms with Gasteiger partial charge in [-0.2, -0.15) is 5.10 Å². The molecule has 0 spiro atoms. The summed E-state index contributed by atoms with van der Waals surface area (Å²) in [6.45, 7) is 2.61. The minimum atomic E-state index is -0.409. The fourth-order valence-corrected chi connectivity index (χ4v) is 3.79. The minimum absolute atomic E-state index is 0.331. The first-order valence-electron chi connectivity index (χ1n) is 9.55. The molecule has 156 valence electrons.